The highest BCUT2D eigenvalue weighted by molar-refractivity contribution is 6.32. The number of carbonyl (C=O) groups is 2. The molecule has 0 aliphatic rings. The Labute approximate surface area is 123 Å². The summed E-state index contributed by atoms with van der Waals surface area (Å²) in [6, 6.07) is 7.11. The van der Waals surface area contributed by atoms with Gasteiger partial charge < -0.3 is 14.7 Å². The molecule has 0 fully saturated rings. The molecule has 1 aromatic rings. The fraction of sp³-hybridized carbons (Fsp3) is 0.429. The largest absolute Gasteiger partial charge is 0.492 e. The van der Waals surface area contributed by atoms with E-state index in [1.165, 1.54) is 4.90 Å². The van der Waals surface area contributed by atoms with Gasteiger partial charge >= 0.3 is 5.97 Å². The van der Waals surface area contributed by atoms with Crippen molar-refractivity contribution in [2.24, 2.45) is 0 Å². The monoisotopic (exact) mass is 299 g/mol. The maximum absolute atomic E-state index is 11.8. The lowest BCUT2D eigenvalue weighted by Gasteiger charge is -2.18. The van der Waals surface area contributed by atoms with Crippen molar-refractivity contribution < 1.29 is 19.4 Å². The molecule has 1 N–H and O–H groups in total. The number of halogens is 1. The van der Waals surface area contributed by atoms with Crippen LogP contribution in [0.4, 0.5) is 0 Å². The Hall–Kier alpha value is -1.75. The summed E-state index contributed by atoms with van der Waals surface area (Å²) in [5, 5.41) is 9.21. The summed E-state index contributed by atoms with van der Waals surface area (Å²) in [7, 11) is 0. The van der Waals surface area contributed by atoms with Crippen molar-refractivity contribution in [2.45, 2.75) is 19.8 Å². The molecule has 0 heterocycles. The molecule has 0 spiro atoms. The first-order valence-corrected chi connectivity index (χ1v) is 6.79. The third-order valence-electron chi connectivity index (χ3n) is 2.69. The van der Waals surface area contributed by atoms with E-state index in [4.69, 9.17) is 21.4 Å². The second-order valence-corrected chi connectivity index (χ2v) is 4.59. The Morgan fingerprint density at radius 2 is 2.05 bits per heavy atom. The highest BCUT2D eigenvalue weighted by atomic mass is 35.5. The number of para-hydroxylation sites is 1. The van der Waals surface area contributed by atoms with Crippen molar-refractivity contribution in [3.05, 3.63) is 29.3 Å². The van der Waals surface area contributed by atoms with E-state index in [1.807, 2.05) is 12.1 Å². The predicted molar refractivity (Wildman–Crippen MR) is 76.1 cm³/mol. The first-order valence-electron chi connectivity index (χ1n) is 6.41. The highest BCUT2D eigenvalue weighted by Crippen LogP contribution is 2.23. The van der Waals surface area contributed by atoms with Crippen LogP contribution in [-0.4, -0.2) is 41.6 Å². The molecule has 0 atom stereocenters. The molecule has 1 aromatic carbocycles. The van der Waals surface area contributed by atoms with Crippen LogP contribution >= 0.6 is 11.6 Å². The van der Waals surface area contributed by atoms with E-state index < -0.39 is 5.97 Å². The van der Waals surface area contributed by atoms with Crippen molar-refractivity contribution in [3.63, 3.8) is 0 Å². The van der Waals surface area contributed by atoms with E-state index >= 15 is 0 Å². The SMILES string of the molecule is CCN(CC(=O)O)C(=O)CCCOc1ccccc1Cl. The summed E-state index contributed by atoms with van der Waals surface area (Å²) in [5.74, 6) is -0.607. The maximum Gasteiger partial charge on any atom is 0.323 e. The van der Waals surface area contributed by atoms with E-state index in [0.29, 0.717) is 30.3 Å². The molecule has 0 aliphatic heterocycles. The number of likely N-dealkylation sites (N-methyl/N-ethyl adjacent to an activating group) is 1. The van der Waals surface area contributed by atoms with Gasteiger partial charge in [-0.1, -0.05) is 23.7 Å². The number of amides is 1. The topological polar surface area (TPSA) is 66.8 Å². The minimum atomic E-state index is -1.01. The zero-order chi connectivity index (χ0) is 15.0. The number of benzene rings is 1. The second kappa shape index (κ2) is 8.43. The molecule has 1 rings (SSSR count). The number of hydrogen-bond donors (Lipinski definition) is 1. The summed E-state index contributed by atoms with van der Waals surface area (Å²) in [4.78, 5) is 23.7. The van der Waals surface area contributed by atoms with Crippen molar-refractivity contribution in [1.82, 2.24) is 4.90 Å². The average Bonchev–Trinajstić information content (AvgIpc) is 2.42. The summed E-state index contributed by atoms with van der Waals surface area (Å²) < 4.78 is 5.46. The molecule has 20 heavy (non-hydrogen) atoms. The zero-order valence-electron chi connectivity index (χ0n) is 11.3. The minimum absolute atomic E-state index is 0.183. The van der Waals surface area contributed by atoms with Gasteiger partial charge in [0.05, 0.1) is 11.6 Å². The molecule has 0 saturated heterocycles. The quantitative estimate of drug-likeness (QED) is 0.749. The van der Waals surface area contributed by atoms with Crippen LogP contribution in [0.2, 0.25) is 5.02 Å². The van der Waals surface area contributed by atoms with E-state index in [0.717, 1.165) is 0 Å². The summed E-state index contributed by atoms with van der Waals surface area (Å²) >= 11 is 5.93. The fourth-order valence-electron chi connectivity index (χ4n) is 1.67. The van der Waals surface area contributed by atoms with Gasteiger partial charge in [-0.05, 0) is 25.5 Å². The molecular weight excluding hydrogens is 282 g/mol. The molecular formula is C14H18ClNO4. The van der Waals surface area contributed by atoms with Crippen molar-refractivity contribution in [2.75, 3.05) is 19.7 Å². The Morgan fingerprint density at radius 3 is 2.65 bits per heavy atom. The number of ether oxygens (including phenoxy) is 1. The van der Waals surface area contributed by atoms with Gasteiger partial charge in [0.15, 0.2) is 0 Å². The number of carboxylic acids is 1. The molecule has 1 amide bonds. The van der Waals surface area contributed by atoms with E-state index in [1.54, 1.807) is 19.1 Å². The van der Waals surface area contributed by atoms with E-state index in [9.17, 15) is 9.59 Å². The van der Waals surface area contributed by atoms with E-state index in [-0.39, 0.29) is 18.9 Å². The first-order chi connectivity index (χ1) is 9.54. The summed E-state index contributed by atoms with van der Waals surface area (Å²) in [6.45, 7) is 2.23. The normalized spacial score (nSPS) is 10.1. The van der Waals surface area contributed by atoms with Gasteiger partial charge in [0.25, 0.3) is 0 Å². The third kappa shape index (κ3) is 5.48. The number of hydrogen-bond acceptors (Lipinski definition) is 3. The summed E-state index contributed by atoms with van der Waals surface area (Å²) in [5.41, 5.74) is 0. The van der Waals surface area contributed by atoms with E-state index in [2.05, 4.69) is 0 Å². The Bertz CT molecular complexity index is 464. The molecule has 0 bridgehead atoms. The van der Waals surface area contributed by atoms with Gasteiger partial charge in [-0.2, -0.15) is 0 Å². The van der Waals surface area contributed by atoms with Gasteiger partial charge in [-0.3, -0.25) is 9.59 Å². The molecule has 0 saturated carbocycles. The van der Waals surface area contributed by atoms with Crippen LogP contribution in [-0.2, 0) is 9.59 Å². The fourth-order valence-corrected chi connectivity index (χ4v) is 1.86. The average molecular weight is 300 g/mol. The van der Waals surface area contributed by atoms with Crippen LogP contribution in [0, 0.1) is 0 Å². The number of carbonyl (C=O) groups excluding carboxylic acids is 1. The smallest absolute Gasteiger partial charge is 0.323 e. The highest BCUT2D eigenvalue weighted by Gasteiger charge is 2.14. The molecule has 6 heteroatoms. The number of aliphatic carboxylic acids is 1. The molecule has 110 valence electrons. The van der Waals surface area contributed by atoms with Crippen molar-refractivity contribution in [1.29, 1.82) is 0 Å². The Morgan fingerprint density at radius 1 is 1.35 bits per heavy atom. The van der Waals surface area contributed by atoms with Crippen LogP contribution in [0.15, 0.2) is 24.3 Å². The maximum atomic E-state index is 11.8. The Kier molecular flexibility index (Phi) is 6.87. The summed E-state index contributed by atoms with van der Waals surface area (Å²) in [6.07, 6.45) is 0.770. The van der Waals surface area contributed by atoms with Crippen LogP contribution in [0.3, 0.4) is 0 Å². The molecule has 5 nitrogen and oxygen atoms in total. The predicted octanol–water partition coefficient (Wildman–Crippen LogP) is 2.43. The van der Waals surface area contributed by atoms with Gasteiger partial charge in [0, 0.05) is 13.0 Å². The van der Waals surface area contributed by atoms with Crippen LogP contribution in [0.1, 0.15) is 19.8 Å². The molecule has 0 radical (unpaired) electrons. The minimum Gasteiger partial charge on any atom is -0.492 e. The lowest BCUT2D eigenvalue weighted by Crippen LogP contribution is -2.35. The number of rotatable bonds is 8. The molecule has 0 unspecified atom stereocenters. The number of nitrogens with zero attached hydrogens (tertiary/aromatic N) is 1. The lowest BCUT2D eigenvalue weighted by molar-refractivity contribution is -0.144. The lowest BCUT2D eigenvalue weighted by atomic mass is 10.3. The van der Waals surface area contributed by atoms with Gasteiger partial charge in [0.2, 0.25) is 5.91 Å². The number of carboxylic acid groups (broad SMARTS) is 1. The standard InChI is InChI=1S/C14H18ClNO4/c1-2-16(10-14(18)19)13(17)8-5-9-20-12-7-4-3-6-11(12)15/h3-4,6-7H,2,5,8-10H2,1H3,(H,18,19). The van der Waals surface area contributed by atoms with Gasteiger partial charge in [-0.15, -0.1) is 0 Å². The Balaban J connectivity index is 2.31. The third-order valence-corrected chi connectivity index (χ3v) is 3.00. The molecule has 0 aromatic heterocycles. The first kappa shape index (κ1) is 16.3. The van der Waals surface area contributed by atoms with Crippen LogP contribution < -0.4 is 4.74 Å². The van der Waals surface area contributed by atoms with Crippen molar-refractivity contribution in [3.8, 4) is 5.75 Å². The van der Waals surface area contributed by atoms with Crippen LogP contribution in [0.5, 0.6) is 5.75 Å². The molecule has 0 aliphatic carbocycles. The van der Waals surface area contributed by atoms with Crippen molar-refractivity contribution >= 4 is 23.5 Å². The van der Waals surface area contributed by atoms with Crippen LogP contribution in [0.25, 0.3) is 0 Å². The second-order valence-electron chi connectivity index (χ2n) is 4.18. The van der Waals surface area contributed by atoms with Gasteiger partial charge in [-0.25, -0.2) is 0 Å². The van der Waals surface area contributed by atoms with Gasteiger partial charge in [0.1, 0.15) is 12.3 Å². The zero-order valence-corrected chi connectivity index (χ0v) is 12.1.